The van der Waals surface area contributed by atoms with E-state index >= 15 is 0 Å². The van der Waals surface area contributed by atoms with Gasteiger partial charge in [0.1, 0.15) is 11.4 Å². The smallest absolute Gasteiger partial charge is 0.222 e. The van der Waals surface area contributed by atoms with E-state index in [1.54, 1.807) is 0 Å². The first-order valence-electron chi connectivity index (χ1n) is 5.21. The SMILES string of the molecule is N=c1oc2ccccc2cc1C1=NCCN1. The highest BCUT2D eigenvalue weighted by Crippen LogP contribution is 2.13. The molecule has 16 heavy (non-hydrogen) atoms. The second kappa shape index (κ2) is 3.48. The molecule has 0 saturated carbocycles. The summed E-state index contributed by atoms with van der Waals surface area (Å²) in [7, 11) is 0. The Morgan fingerprint density at radius 1 is 1.31 bits per heavy atom. The first kappa shape index (κ1) is 9.15. The van der Waals surface area contributed by atoms with Gasteiger partial charge in [0.2, 0.25) is 5.55 Å². The van der Waals surface area contributed by atoms with Crippen LogP contribution in [-0.2, 0) is 0 Å². The van der Waals surface area contributed by atoms with E-state index in [1.807, 2.05) is 30.3 Å². The number of aliphatic imine (C=N–C) groups is 1. The lowest BCUT2D eigenvalue weighted by molar-refractivity contribution is 0.531. The monoisotopic (exact) mass is 213 g/mol. The van der Waals surface area contributed by atoms with E-state index in [-0.39, 0.29) is 5.55 Å². The summed E-state index contributed by atoms with van der Waals surface area (Å²) in [6.45, 7) is 1.60. The van der Waals surface area contributed by atoms with Gasteiger partial charge in [-0.1, -0.05) is 18.2 Å². The molecule has 4 nitrogen and oxygen atoms in total. The molecule has 2 N–H and O–H groups in total. The maximum atomic E-state index is 7.83. The highest BCUT2D eigenvalue weighted by atomic mass is 16.3. The van der Waals surface area contributed by atoms with E-state index in [0.717, 1.165) is 35.5 Å². The minimum absolute atomic E-state index is 0.159. The molecule has 3 rings (SSSR count). The highest BCUT2D eigenvalue weighted by Gasteiger charge is 2.12. The summed E-state index contributed by atoms with van der Waals surface area (Å²) in [5.41, 5.74) is 1.62. The molecule has 0 saturated heterocycles. The second-order valence-electron chi connectivity index (χ2n) is 3.68. The molecule has 0 spiro atoms. The van der Waals surface area contributed by atoms with Crippen molar-refractivity contribution in [1.82, 2.24) is 5.32 Å². The van der Waals surface area contributed by atoms with E-state index in [4.69, 9.17) is 9.83 Å². The van der Waals surface area contributed by atoms with Crippen LogP contribution in [0.25, 0.3) is 11.0 Å². The summed E-state index contributed by atoms with van der Waals surface area (Å²) in [4.78, 5) is 4.30. The summed E-state index contributed by atoms with van der Waals surface area (Å²) >= 11 is 0. The number of amidine groups is 1. The molecule has 1 aliphatic rings. The topological polar surface area (TPSA) is 61.4 Å². The third-order valence-electron chi connectivity index (χ3n) is 2.60. The fraction of sp³-hybridized carbons (Fsp3) is 0.167. The number of hydrogen-bond acceptors (Lipinski definition) is 4. The first-order valence-corrected chi connectivity index (χ1v) is 5.21. The van der Waals surface area contributed by atoms with Crippen LogP contribution in [0.15, 0.2) is 39.7 Å². The summed E-state index contributed by atoms with van der Waals surface area (Å²) in [6, 6.07) is 9.63. The lowest BCUT2D eigenvalue weighted by atomic mass is 10.2. The van der Waals surface area contributed by atoms with E-state index in [0.29, 0.717) is 0 Å². The average molecular weight is 213 g/mol. The van der Waals surface area contributed by atoms with Crippen molar-refractivity contribution < 1.29 is 4.42 Å². The summed E-state index contributed by atoms with van der Waals surface area (Å²) in [5.74, 6) is 0.763. The van der Waals surface area contributed by atoms with Crippen molar-refractivity contribution in [2.24, 2.45) is 4.99 Å². The summed E-state index contributed by atoms with van der Waals surface area (Å²) in [5, 5.41) is 12.0. The summed E-state index contributed by atoms with van der Waals surface area (Å²) < 4.78 is 5.45. The molecule has 0 aliphatic carbocycles. The Morgan fingerprint density at radius 2 is 2.19 bits per heavy atom. The fourth-order valence-corrected chi connectivity index (χ4v) is 1.83. The number of hydrogen-bond donors (Lipinski definition) is 2. The molecule has 0 atom stereocenters. The van der Waals surface area contributed by atoms with Crippen LogP contribution in [0, 0.1) is 5.41 Å². The number of benzene rings is 1. The molecular weight excluding hydrogens is 202 g/mol. The van der Waals surface area contributed by atoms with Gasteiger partial charge < -0.3 is 9.73 Å². The second-order valence-corrected chi connectivity index (χ2v) is 3.68. The Bertz CT molecular complexity index is 627. The molecule has 1 aliphatic heterocycles. The van der Waals surface area contributed by atoms with Crippen LogP contribution in [0.4, 0.5) is 0 Å². The van der Waals surface area contributed by atoms with Crippen LogP contribution in [0.1, 0.15) is 5.56 Å². The van der Waals surface area contributed by atoms with Gasteiger partial charge in [0.05, 0.1) is 12.1 Å². The molecule has 0 radical (unpaired) electrons. The van der Waals surface area contributed by atoms with Crippen molar-refractivity contribution in [2.75, 3.05) is 13.1 Å². The van der Waals surface area contributed by atoms with Crippen LogP contribution in [0.3, 0.4) is 0 Å². The zero-order valence-corrected chi connectivity index (χ0v) is 8.66. The molecule has 0 fully saturated rings. The molecule has 0 unspecified atom stereocenters. The predicted molar refractivity (Wildman–Crippen MR) is 61.5 cm³/mol. The van der Waals surface area contributed by atoms with Crippen LogP contribution in [0.5, 0.6) is 0 Å². The lowest BCUT2D eigenvalue weighted by Crippen LogP contribution is -2.25. The van der Waals surface area contributed by atoms with Crippen molar-refractivity contribution in [3.05, 3.63) is 41.4 Å². The average Bonchev–Trinajstić information content (AvgIpc) is 2.81. The van der Waals surface area contributed by atoms with Gasteiger partial charge in [0.15, 0.2) is 0 Å². The van der Waals surface area contributed by atoms with Gasteiger partial charge in [-0.25, -0.2) is 0 Å². The number of nitrogens with one attached hydrogen (secondary N) is 2. The van der Waals surface area contributed by atoms with Crippen LogP contribution in [-0.4, -0.2) is 18.9 Å². The quantitative estimate of drug-likeness (QED) is 0.749. The largest absolute Gasteiger partial charge is 0.438 e. The minimum Gasteiger partial charge on any atom is -0.438 e. The van der Waals surface area contributed by atoms with Crippen molar-refractivity contribution >= 4 is 16.8 Å². The zero-order valence-electron chi connectivity index (χ0n) is 8.66. The minimum atomic E-state index is 0.159. The van der Waals surface area contributed by atoms with Gasteiger partial charge >= 0.3 is 0 Å². The third-order valence-corrected chi connectivity index (χ3v) is 2.60. The van der Waals surface area contributed by atoms with E-state index in [9.17, 15) is 0 Å². The van der Waals surface area contributed by atoms with Crippen molar-refractivity contribution in [3.8, 4) is 0 Å². The zero-order chi connectivity index (χ0) is 11.0. The van der Waals surface area contributed by atoms with E-state index < -0.39 is 0 Å². The standard InChI is InChI=1S/C12H11N3O/c13-11-9(12-14-5-6-15-12)7-8-3-1-2-4-10(8)16-11/h1-4,7,13H,5-6H2,(H,14,15). The number of fused-ring (bicyclic) bond motifs is 1. The molecule has 0 bridgehead atoms. The van der Waals surface area contributed by atoms with Crippen molar-refractivity contribution in [1.29, 1.82) is 5.41 Å². The Balaban J connectivity index is 2.25. The van der Waals surface area contributed by atoms with E-state index in [1.165, 1.54) is 0 Å². The van der Waals surface area contributed by atoms with Gasteiger partial charge in [0, 0.05) is 11.9 Å². The highest BCUT2D eigenvalue weighted by molar-refractivity contribution is 6.01. The maximum absolute atomic E-state index is 7.83. The predicted octanol–water partition coefficient (Wildman–Crippen LogP) is 1.26. The molecule has 1 aromatic carbocycles. The lowest BCUT2D eigenvalue weighted by Gasteiger charge is -2.03. The number of nitrogens with zero attached hydrogens (tertiary/aromatic N) is 1. The Morgan fingerprint density at radius 3 is 3.00 bits per heavy atom. The maximum Gasteiger partial charge on any atom is 0.222 e. The van der Waals surface area contributed by atoms with E-state index in [2.05, 4.69) is 10.3 Å². The van der Waals surface area contributed by atoms with Crippen LogP contribution < -0.4 is 10.9 Å². The van der Waals surface area contributed by atoms with Gasteiger partial charge in [-0.15, -0.1) is 0 Å². The van der Waals surface area contributed by atoms with Gasteiger partial charge in [-0.3, -0.25) is 10.4 Å². The Hall–Kier alpha value is -2.10. The molecular formula is C12H11N3O. The molecule has 4 heteroatoms. The molecule has 1 aromatic heterocycles. The Kier molecular flexibility index (Phi) is 1.99. The Labute approximate surface area is 92.1 Å². The van der Waals surface area contributed by atoms with Crippen LogP contribution in [0.2, 0.25) is 0 Å². The fourth-order valence-electron chi connectivity index (χ4n) is 1.83. The molecule has 80 valence electrons. The third kappa shape index (κ3) is 1.39. The van der Waals surface area contributed by atoms with Crippen LogP contribution >= 0.6 is 0 Å². The number of rotatable bonds is 1. The van der Waals surface area contributed by atoms with Gasteiger partial charge in [0.25, 0.3) is 0 Å². The summed E-state index contributed by atoms with van der Waals surface area (Å²) in [6.07, 6.45) is 0. The molecule has 2 heterocycles. The first-order chi connectivity index (χ1) is 7.84. The normalized spacial score (nSPS) is 14.9. The number of para-hydroxylation sites is 1. The van der Waals surface area contributed by atoms with Crippen molar-refractivity contribution in [2.45, 2.75) is 0 Å². The van der Waals surface area contributed by atoms with Gasteiger partial charge in [-0.05, 0) is 12.1 Å². The molecule has 0 amide bonds. The molecule has 2 aromatic rings. The van der Waals surface area contributed by atoms with Gasteiger partial charge in [-0.2, -0.15) is 0 Å². The van der Waals surface area contributed by atoms with Crippen molar-refractivity contribution in [3.63, 3.8) is 0 Å².